The zero-order valence-electron chi connectivity index (χ0n) is 8.34. The minimum Gasteiger partial charge on any atom is -0.359 e. The van der Waals surface area contributed by atoms with E-state index in [1.165, 1.54) is 0 Å². The molecule has 0 atom stereocenters. The molecule has 0 rings (SSSR count). The smallest absolute Gasteiger partial charge is 0.146 e. The SMILES string of the molecule is C=CCC#CCCCCOCOC. The van der Waals surface area contributed by atoms with Crippen molar-refractivity contribution in [3.05, 3.63) is 12.7 Å². The number of allylic oxidation sites excluding steroid dienone is 1. The summed E-state index contributed by atoms with van der Waals surface area (Å²) in [6, 6.07) is 0. The quantitative estimate of drug-likeness (QED) is 0.260. The number of methoxy groups -OCH3 is 1. The zero-order chi connectivity index (χ0) is 9.78. The molecule has 0 aliphatic heterocycles. The van der Waals surface area contributed by atoms with Gasteiger partial charge in [-0.25, -0.2) is 0 Å². The Morgan fingerprint density at radius 1 is 1.31 bits per heavy atom. The Kier molecular flexibility index (Phi) is 10.5. The van der Waals surface area contributed by atoms with Crippen molar-refractivity contribution in [2.24, 2.45) is 0 Å². The predicted octanol–water partition coefficient (Wildman–Crippen LogP) is 2.36. The molecule has 0 radical (unpaired) electrons. The highest BCUT2D eigenvalue weighted by Crippen LogP contribution is 1.94. The highest BCUT2D eigenvalue weighted by molar-refractivity contribution is 5.02. The summed E-state index contributed by atoms with van der Waals surface area (Å²) in [5.41, 5.74) is 0. The number of hydrogen-bond donors (Lipinski definition) is 0. The lowest BCUT2D eigenvalue weighted by atomic mass is 10.2. The molecule has 0 fully saturated rings. The second-order valence-electron chi connectivity index (χ2n) is 2.62. The van der Waals surface area contributed by atoms with Crippen molar-refractivity contribution in [2.75, 3.05) is 20.5 Å². The second kappa shape index (κ2) is 11.2. The Hall–Kier alpha value is -0.780. The van der Waals surface area contributed by atoms with Gasteiger partial charge in [-0.1, -0.05) is 12.0 Å². The first-order chi connectivity index (χ1) is 6.41. The van der Waals surface area contributed by atoms with Crippen LogP contribution in [0.4, 0.5) is 0 Å². The van der Waals surface area contributed by atoms with Crippen LogP contribution in [-0.4, -0.2) is 20.5 Å². The molecule has 2 heteroatoms. The van der Waals surface area contributed by atoms with Gasteiger partial charge >= 0.3 is 0 Å². The van der Waals surface area contributed by atoms with Crippen molar-refractivity contribution in [3.8, 4) is 11.8 Å². The maximum Gasteiger partial charge on any atom is 0.146 e. The van der Waals surface area contributed by atoms with Gasteiger partial charge in [-0.15, -0.1) is 12.5 Å². The lowest BCUT2D eigenvalue weighted by Crippen LogP contribution is -1.97. The van der Waals surface area contributed by atoms with Crippen LogP contribution < -0.4 is 0 Å². The van der Waals surface area contributed by atoms with E-state index in [0.717, 1.165) is 32.3 Å². The number of hydrogen-bond acceptors (Lipinski definition) is 2. The topological polar surface area (TPSA) is 18.5 Å². The third kappa shape index (κ3) is 11.2. The molecule has 0 aromatic rings. The molecule has 74 valence electrons. The van der Waals surface area contributed by atoms with Gasteiger partial charge in [0.1, 0.15) is 6.79 Å². The first kappa shape index (κ1) is 12.2. The molecular formula is C11H18O2. The van der Waals surface area contributed by atoms with E-state index in [0.29, 0.717) is 6.79 Å². The van der Waals surface area contributed by atoms with E-state index in [1.54, 1.807) is 7.11 Å². The lowest BCUT2D eigenvalue weighted by Gasteiger charge is -1.99. The predicted molar refractivity (Wildman–Crippen MR) is 54.3 cm³/mol. The Labute approximate surface area is 80.9 Å². The number of unbranched alkanes of at least 4 members (excludes halogenated alkanes) is 2. The van der Waals surface area contributed by atoms with Crippen LogP contribution in [0.1, 0.15) is 25.7 Å². The van der Waals surface area contributed by atoms with Gasteiger partial charge in [0.25, 0.3) is 0 Å². The van der Waals surface area contributed by atoms with Crippen molar-refractivity contribution >= 4 is 0 Å². The first-order valence-electron chi connectivity index (χ1n) is 4.55. The number of rotatable bonds is 7. The molecular weight excluding hydrogens is 164 g/mol. The average molecular weight is 182 g/mol. The Morgan fingerprint density at radius 2 is 2.15 bits per heavy atom. The van der Waals surface area contributed by atoms with Crippen LogP contribution in [0.3, 0.4) is 0 Å². The molecule has 0 unspecified atom stereocenters. The molecule has 2 nitrogen and oxygen atoms in total. The van der Waals surface area contributed by atoms with E-state index in [4.69, 9.17) is 9.47 Å². The highest BCUT2D eigenvalue weighted by atomic mass is 16.7. The molecule has 13 heavy (non-hydrogen) atoms. The fourth-order valence-electron chi connectivity index (χ4n) is 0.792. The molecule has 0 aromatic heterocycles. The molecule has 0 aliphatic carbocycles. The minimum absolute atomic E-state index is 0.391. The van der Waals surface area contributed by atoms with E-state index in [9.17, 15) is 0 Å². The summed E-state index contributed by atoms with van der Waals surface area (Å²) < 4.78 is 9.86. The molecule has 0 aromatic carbocycles. The van der Waals surface area contributed by atoms with Crippen molar-refractivity contribution in [2.45, 2.75) is 25.7 Å². The maximum absolute atomic E-state index is 5.12. The standard InChI is InChI=1S/C11H18O2/c1-3-4-5-6-7-8-9-10-13-11-12-2/h3H,1,4,7-11H2,2H3. The van der Waals surface area contributed by atoms with Gasteiger partial charge in [0, 0.05) is 26.6 Å². The fraction of sp³-hybridized carbons (Fsp3) is 0.636. The molecule has 0 heterocycles. The van der Waals surface area contributed by atoms with Gasteiger partial charge in [-0.3, -0.25) is 0 Å². The van der Waals surface area contributed by atoms with E-state index < -0.39 is 0 Å². The van der Waals surface area contributed by atoms with Gasteiger partial charge in [0.15, 0.2) is 0 Å². The zero-order valence-corrected chi connectivity index (χ0v) is 8.34. The monoisotopic (exact) mass is 182 g/mol. The van der Waals surface area contributed by atoms with E-state index in [-0.39, 0.29) is 0 Å². The van der Waals surface area contributed by atoms with Crippen molar-refractivity contribution in [1.82, 2.24) is 0 Å². The van der Waals surface area contributed by atoms with Crippen molar-refractivity contribution < 1.29 is 9.47 Å². The van der Waals surface area contributed by atoms with E-state index in [1.807, 2.05) is 6.08 Å². The first-order valence-corrected chi connectivity index (χ1v) is 4.55. The number of ether oxygens (including phenoxy) is 2. The summed E-state index contributed by atoms with van der Waals surface area (Å²) in [6.45, 7) is 4.74. The van der Waals surface area contributed by atoms with Crippen LogP contribution in [0.15, 0.2) is 12.7 Å². The van der Waals surface area contributed by atoms with Gasteiger partial charge in [-0.2, -0.15) is 0 Å². The van der Waals surface area contributed by atoms with Crippen LogP contribution in [0.25, 0.3) is 0 Å². The van der Waals surface area contributed by atoms with Gasteiger partial charge in [-0.05, 0) is 12.8 Å². The summed E-state index contributed by atoms with van der Waals surface area (Å²) in [6.07, 6.45) is 5.69. The van der Waals surface area contributed by atoms with Crippen LogP contribution in [-0.2, 0) is 9.47 Å². The van der Waals surface area contributed by atoms with Gasteiger partial charge in [0.2, 0.25) is 0 Å². The summed E-state index contributed by atoms with van der Waals surface area (Å²) in [5.74, 6) is 6.07. The lowest BCUT2D eigenvalue weighted by molar-refractivity contribution is -0.0313. The maximum atomic E-state index is 5.12. The van der Waals surface area contributed by atoms with E-state index in [2.05, 4.69) is 18.4 Å². The molecule has 0 amide bonds. The van der Waals surface area contributed by atoms with Crippen molar-refractivity contribution in [3.63, 3.8) is 0 Å². The van der Waals surface area contributed by atoms with Crippen molar-refractivity contribution in [1.29, 1.82) is 0 Å². The third-order valence-electron chi connectivity index (χ3n) is 1.41. The molecule has 0 spiro atoms. The largest absolute Gasteiger partial charge is 0.359 e. The molecule has 0 bridgehead atoms. The summed E-state index contributed by atoms with van der Waals surface area (Å²) in [5, 5.41) is 0. The average Bonchev–Trinajstić information content (AvgIpc) is 2.16. The third-order valence-corrected chi connectivity index (χ3v) is 1.41. The van der Waals surface area contributed by atoms with Crippen LogP contribution in [0.2, 0.25) is 0 Å². The van der Waals surface area contributed by atoms with Crippen LogP contribution >= 0.6 is 0 Å². The molecule has 0 aliphatic rings. The van der Waals surface area contributed by atoms with Crippen LogP contribution in [0.5, 0.6) is 0 Å². The van der Waals surface area contributed by atoms with Gasteiger partial charge in [0.05, 0.1) is 0 Å². The molecule has 0 saturated carbocycles. The Bertz CT molecular complexity index is 165. The normalized spacial score (nSPS) is 9.00. The van der Waals surface area contributed by atoms with E-state index >= 15 is 0 Å². The Morgan fingerprint density at radius 3 is 2.85 bits per heavy atom. The molecule has 0 N–H and O–H groups in total. The highest BCUT2D eigenvalue weighted by Gasteiger charge is 1.86. The fourth-order valence-corrected chi connectivity index (χ4v) is 0.792. The Balaban J connectivity index is 3.00. The summed E-state index contributed by atoms with van der Waals surface area (Å²) in [7, 11) is 1.63. The van der Waals surface area contributed by atoms with Gasteiger partial charge < -0.3 is 9.47 Å². The summed E-state index contributed by atoms with van der Waals surface area (Å²) in [4.78, 5) is 0. The van der Waals surface area contributed by atoms with Crippen LogP contribution in [0, 0.1) is 11.8 Å². The minimum atomic E-state index is 0.391. The summed E-state index contributed by atoms with van der Waals surface area (Å²) >= 11 is 0. The molecule has 0 saturated heterocycles. The second-order valence-corrected chi connectivity index (χ2v) is 2.62.